The van der Waals surface area contributed by atoms with Crippen LogP contribution in [0.2, 0.25) is 0 Å². The number of hydrogen-bond donors (Lipinski definition) is 2. The van der Waals surface area contributed by atoms with E-state index in [4.69, 9.17) is 5.73 Å². The molecule has 0 atom stereocenters. The van der Waals surface area contributed by atoms with E-state index < -0.39 is 0 Å². The molecule has 1 heterocycles. The Balaban J connectivity index is 1.92. The fourth-order valence-electron chi connectivity index (χ4n) is 2.30. The van der Waals surface area contributed by atoms with Crippen LogP contribution in [-0.2, 0) is 13.1 Å². The average molecular weight is 208 g/mol. The lowest BCUT2D eigenvalue weighted by atomic mass is 10.2. The topological polar surface area (TPSA) is 55.9 Å². The van der Waals surface area contributed by atoms with E-state index >= 15 is 0 Å². The molecule has 0 saturated heterocycles. The van der Waals surface area contributed by atoms with E-state index in [1.807, 2.05) is 0 Å². The summed E-state index contributed by atoms with van der Waals surface area (Å²) in [5.41, 5.74) is 5.81. The fourth-order valence-corrected chi connectivity index (χ4v) is 2.30. The molecular weight excluding hydrogens is 188 g/mol. The molecule has 1 saturated carbocycles. The molecule has 0 aliphatic heterocycles. The van der Waals surface area contributed by atoms with Crippen LogP contribution in [0.1, 0.15) is 38.4 Å². The van der Waals surface area contributed by atoms with Gasteiger partial charge in [0.1, 0.15) is 11.6 Å². The highest BCUT2D eigenvalue weighted by Gasteiger charge is 2.15. The first kappa shape index (κ1) is 10.5. The Bertz CT molecular complexity index is 312. The van der Waals surface area contributed by atoms with Gasteiger partial charge in [0, 0.05) is 12.6 Å². The van der Waals surface area contributed by atoms with Gasteiger partial charge in [-0.25, -0.2) is 4.98 Å². The van der Waals surface area contributed by atoms with Crippen molar-refractivity contribution < 1.29 is 0 Å². The van der Waals surface area contributed by atoms with Crippen LogP contribution in [0.25, 0.3) is 0 Å². The van der Waals surface area contributed by atoms with E-state index in [1.165, 1.54) is 25.7 Å². The van der Waals surface area contributed by atoms with Crippen LogP contribution < -0.4 is 11.1 Å². The highest BCUT2D eigenvalue weighted by Crippen LogP contribution is 2.18. The third kappa shape index (κ3) is 2.31. The number of nitrogen functional groups attached to an aromatic ring is 1. The Morgan fingerprint density at radius 1 is 1.53 bits per heavy atom. The minimum atomic E-state index is 0.688. The summed E-state index contributed by atoms with van der Waals surface area (Å²) in [7, 11) is 0. The molecule has 0 bridgehead atoms. The normalized spacial score (nSPS) is 17.4. The van der Waals surface area contributed by atoms with E-state index in [0.29, 0.717) is 6.04 Å². The van der Waals surface area contributed by atoms with E-state index in [9.17, 15) is 0 Å². The Morgan fingerprint density at radius 2 is 2.27 bits per heavy atom. The van der Waals surface area contributed by atoms with E-state index in [0.717, 1.165) is 24.7 Å². The maximum Gasteiger partial charge on any atom is 0.124 e. The highest BCUT2D eigenvalue weighted by atomic mass is 15.1. The van der Waals surface area contributed by atoms with Gasteiger partial charge < -0.3 is 15.6 Å². The molecule has 3 N–H and O–H groups in total. The minimum absolute atomic E-state index is 0.688. The zero-order valence-electron chi connectivity index (χ0n) is 9.37. The first-order valence-electron chi connectivity index (χ1n) is 5.84. The number of nitrogens with two attached hydrogens (primary N) is 1. The van der Waals surface area contributed by atoms with E-state index in [2.05, 4.69) is 21.8 Å². The van der Waals surface area contributed by atoms with Gasteiger partial charge in [0.2, 0.25) is 0 Å². The number of aromatic nitrogens is 2. The van der Waals surface area contributed by atoms with Gasteiger partial charge in [-0.2, -0.15) is 0 Å². The van der Waals surface area contributed by atoms with Crippen LogP contribution in [0.5, 0.6) is 0 Å². The maximum absolute atomic E-state index is 5.81. The lowest BCUT2D eigenvalue weighted by Crippen LogP contribution is -2.27. The molecule has 84 valence electrons. The lowest BCUT2D eigenvalue weighted by Gasteiger charge is -2.12. The quantitative estimate of drug-likeness (QED) is 0.788. The molecule has 1 aliphatic carbocycles. The molecule has 0 unspecified atom stereocenters. The van der Waals surface area contributed by atoms with E-state index in [1.54, 1.807) is 6.20 Å². The fraction of sp³-hybridized carbons (Fsp3) is 0.727. The van der Waals surface area contributed by atoms with Gasteiger partial charge in [0.25, 0.3) is 0 Å². The summed E-state index contributed by atoms with van der Waals surface area (Å²) in [4.78, 5) is 4.32. The molecule has 1 aromatic rings. The van der Waals surface area contributed by atoms with Crippen molar-refractivity contribution in [3.63, 3.8) is 0 Å². The monoisotopic (exact) mass is 208 g/mol. The second kappa shape index (κ2) is 4.66. The molecule has 0 spiro atoms. The molecule has 0 amide bonds. The molecule has 0 radical (unpaired) electrons. The molecule has 4 heteroatoms. The number of nitrogens with one attached hydrogen (secondary N) is 1. The third-order valence-electron chi connectivity index (χ3n) is 3.19. The number of nitrogens with zero attached hydrogens (tertiary/aromatic N) is 2. The molecule has 0 aromatic carbocycles. The molecule has 4 nitrogen and oxygen atoms in total. The van der Waals surface area contributed by atoms with Crippen molar-refractivity contribution in [3.8, 4) is 0 Å². The Kier molecular flexibility index (Phi) is 3.26. The SMILES string of the molecule is CCn1c(N)cnc1CNC1CCCC1. The van der Waals surface area contributed by atoms with Gasteiger partial charge in [-0.05, 0) is 19.8 Å². The summed E-state index contributed by atoms with van der Waals surface area (Å²) < 4.78 is 2.06. The third-order valence-corrected chi connectivity index (χ3v) is 3.19. The zero-order valence-corrected chi connectivity index (χ0v) is 9.37. The summed E-state index contributed by atoms with van der Waals surface area (Å²) in [6.07, 6.45) is 7.09. The molecular formula is C11H20N4. The Morgan fingerprint density at radius 3 is 2.93 bits per heavy atom. The standard InChI is InChI=1S/C11H20N4/c1-2-15-10(12)7-14-11(15)8-13-9-5-3-4-6-9/h7,9,13H,2-6,8,12H2,1H3. The highest BCUT2D eigenvalue weighted by molar-refractivity contribution is 5.27. The number of rotatable bonds is 4. The van der Waals surface area contributed by atoms with Crippen LogP contribution in [0.3, 0.4) is 0 Å². The summed E-state index contributed by atoms with van der Waals surface area (Å²) >= 11 is 0. The van der Waals surface area contributed by atoms with Gasteiger partial charge in [0.15, 0.2) is 0 Å². The second-order valence-electron chi connectivity index (χ2n) is 4.21. The summed E-state index contributed by atoms with van der Waals surface area (Å²) in [5.74, 6) is 1.82. The van der Waals surface area contributed by atoms with Crippen molar-refractivity contribution in [1.82, 2.24) is 14.9 Å². The van der Waals surface area contributed by atoms with Crippen LogP contribution >= 0.6 is 0 Å². The molecule has 1 aliphatic rings. The molecule has 15 heavy (non-hydrogen) atoms. The predicted molar refractivity (Wildman–Crippen MR) is 61.4 cm³/mol. The van der Waals surface area contributed by atoms with Crippen LogP contribution in [0, 0.1) is 0 Å². The van der Waals surface area contributed by atoms with Gasteiger partial charge >= 0.3 is 0 Å². The summed E-state index contributed by atoms with van der Waals surface area (Å²) in [6.45, 7) is 3.83. The number of anilines is 1. The van der Waals surface area contributed by atoms with Crippen LogP contribution in [0.4, 0.5) is 5.82 Å². The van der Waals surface area contributed by atoms with Gasteiger partial charge in [-0.15, -0.1) is 0 Å². The zero-order chi connectivity index (χ0) is 10.7. The largest absolute Gasteiger partial charge is 0.384 e. The van der Waals surface area contributed by atoms with Crippen LogP contribution in [0.15, 0.2) is 6.20 Å². The van der Waals surface area contributed by atoms with E-state index in [-0.39, 0.29) is 0 Å². The maximum atomic E-state index is 5.81. The average Bonchev–Trinajstić information content (AvgIpc) is 2.84. The van der Waals surface area contributed by atoms with Gasteiger partial charge in [0.05, 0.1) is 12.7 Å². The number of hydrogen-bond acceptors (Lipinski definition) is 3. The van der Waals surface area contributed by atoms with Gasteiger partial charge in [-0.1, -0.05) is 12.8 Å². The van der Waals surface area contributed by atoms with Crippen molar-refractivity contribution in [1.29, 1.82) is 0 Å². The minimum Gasteiger partial charge on any atom is -0.384 e. The van der Waals surface area contributed by atoms with Crippen molar-refractivity contribution in [2.24, 2.45) is 0 Å². The summed E-state index contributed by atoms with van der Waals surface area (Å²) in [5, 5.41) is 3.55. The lowest BCUT2D eigenvalue weighted by molar-refractivity contribution is 0.502. The van der Waals surface area contributed by atoms with Gasteiger partial charge in [-0.3, -0.25) is 0 Å². The van der Waals surface area contributed by atoms with Crippen LogP contribution in [-0.4, -0.2) is 15.6 Å². The summed E-state index contributed by atoms with van der Waals surface area (Å²) in [6, 6.07) is 0.688. The first-order chi connectivity index (χ1) is 7.31. The first-order valence-corrected chi connectivity index (χ1v) is 5.84. The molecule has 1 aromatic heterocycles. The predicted octanol–water partition coefficient (Wildman–Crippen LogP) is 1.52. The second-order valence-corrected chi connectivity index (χ2v) is 4.21. The molecule has 1 fully saturated rings. The Labute approximate surface area is 90.9 Å². The van der Waals surface area contributed by atoms with Crippen molar-refractivity contribution in [2.75, 3.05) is 5.73 Å². The van der Waals surface area contributed by atoms with Crippen molar-refractivity contribution in [2.45, 2.75) is 51.7 Å². The smallest absolute Gasteiger partial charge is 0.124 e. The Hall–Kier alpha value is -1.03. The number of imidazole rings is 1. The van der Waals surface area contributed by atoms with Crippen molar-refractivity contribution in [3.05, 3.63) is 12.0 Å². The van der Waals surface area contributed by atoms with Crippen molar-refractivity contribution >= 4 is 5.82 Å². The molecule has 2 rings (SSSR count).